The van der Waals surface area contributed by atoms with Gasteiger partial charge in [-0.05, 0) is 62.1 Å². The van der Waals surface area contributed by atoms with Crippen LogP contribution in [0.3, 0.4) is 0 Å². The minimum Gasteiger partial charge on any atom is -0.303 e. The maximum absolute atomic E-state index is 2.79. The molecular weight excluding hydrogens is 330 g/mol. The molecule has 146 valence electrons. The van der Waals surface area contributed by atoms with Crippen molar-refractivity contribution in [3.05, 3.63) is 48.0 Å². The SMILES string of the molecule is C1=CC2CC1CC2CN1CCC(N2CCN(Cc3ccccc3)CC2)CC1. The van der Waals surface area contributed by atoms with Crippen molar-refractivity contribution in [2.24, 2.45) is 17.8 Å². The molecule has 27 heavy (non-hydrogen) atoms. The second-order valence-electron chi connectivity index (χ2n) is 9.37. The van der Waals surface area contributed by atoms with Gasteiger partial charge in [0.2, 0.25) is 0 Å². The van der Waals surface area contributed by atoms with Crippen LogP contribution >= 0.6 is 0 Å². The molecule has 3 heteroatoms. The molecule has 2 aliphatic carbocycles. The lowest BCUT2D eigenvalue weighted by atomic mass is 9.92. The highest BCUT2D eigenvalue weighted by Crippen LogP contribution is 2.43. The molecule has 3 fully saturated rings. The molecule has 3 nitrogen and oxygen atoms in total. The van der Waals surface area contributed by atoms with Gasteiger partial charge in [0, 0.05) is 45.3 Å². The van der Waals surface area contributed by atoms with Crippen molar-refractivity contribution in [1.29, 1.82) is 0 Å². The van der Waals surface area contributed by atoms with Crippen molar-refractivity contribution in [3.8, 4) is 0 Å². The minimum atomic E-state index is 0.833. The summed E-state index contributed by atoms with van der Waals surface area (Å²) in [6, 6.07) is 11.8. The largest absolute Gasteiger partial charge is 0.303 e. The maximum atomic E-state index is 2.79. The van der Waals surface area contributed by atoms with Gasteiger partial charge in [0.25, 0.3) is 0 Å². The zero-order valence-corrected chi connectivity index (χ0v) is 16.7. The summed E-state index contributed by atoms with van der Waals surface area (Å²) in [6.45, 7) is 10.1. The molecule has 1 saturated carbocycles. The maximum Gasteiger partial charge on any atom is 0.0234 e. The molecular formula is C24H35N3. The molecule has 0 N–H and O–H groups in total. The number of hydrogen-bond donors (Lipinski definition) is 0. The van der Waals surface area contributed by atoms with E-state index in [2.05, 4.69) is 57.2 Å². The standard InChI is InChI=1S/C24H35N3/c1-2-4-20(5-3-1)18-26-12-14-27(15-13-26)24-8-10-25(11-9-24)19-23-17-21-6-7-22(23)16-21/h1-7,21-24H,8-19H2. The molecule has 5 rings (SSSR count). The van der Waals surface area contributed by atoms with Gasteiger partial charge >= 0.3 is 0 Å². The van der Waals surface area contributed by atoms with E-state index in [1.807, 2.05) is 0 Å². The third-order valence-corrected chi connectivity index (χ3v) is 7.64. The van der Waals surface area contributed by atoms with Crippen molar-refractivity contribution in [3.63, 3.8) is 0 Å². The Balaban J connectivity index is 1.04. The first-order valence-electron chi connectivity index (χ1n) is 11.2. The summed E-state index contributed by atoms with van der Waals surface area (Å²) in [7, 11) is 0. The second kappa shape index (κ2) is 8.06. The minimum absolute atomic E-state index is 0.833. The van der Waals surface area contributed by atoms with Crippen LogP contribution in [0, 0.1) is 17.8 Å². The summed E-state index contributed by atoms with van der Waals surface area (Å²) in [4.78, 5) is 8.20. The van der Waals surface area contributed by atoms with E-state index < -0.39 is 0 Å². The van der Waals surface area contributed by atoms with E-state index in [1.54, 1.807) is 0 Å². The Morgan fingerprint density at radius 1 is 0.778 bits per heavy atom. The predicted octanol–water partition coefficient (Wildman–Crippen LogP) is 3.48. The number of allylic oxidation sites excluding steroid dienone is 2. The highest BCUT2D eigenvalue weighted by atomic mass is 15.3. The van der Waals surface area contributed by atoms with Crippen molar-refractivity contribution in [2.75, 3.05) is 45.8 Å². The van der Waals surface area contributed by atoms with E-state index in [4.69, 9.17) is 0 Å². The number of benzene rings is 1. The average Bonchev–Trinajstić information content (AvgIpc) is 3.33. The van der Waals surface area contributed by atoms with Crippen molar-refractivity contribution in [2.45, 2.75) is 38.3 Å². The zero-order chi connectivity index (χ0) is 18.1. The Hall–Kier alpha value is -1.16. The van der Waals surface area contributed by atoms with Gasteiger partial charge in [-0.3, -0.25) is 9.80 Å². The Morgan fingerprint density at radius 3 is 2.22 bits per heavy atom. The topological polar surface area (TPSA) is 9.72 Å². The average molecular weight is 366 g/mol. The van der Waals surface area contributed by atoms with E-state index in [1.165, 1.54) is 77.1 Å². The van der Waals surface area contributed by atoms with Gasteiger partial charge in [-0.1, -0.05) is 42.5 Å². The third kappa shape index (κ3) is 4.16. The van der Waals surface area contributed by atoms with Crippen LogP contribution in [-0.2, 0) is 6.54 Å². The summed E-state index contributed by atoms with van der Waals surface area (Å²) in [5.41, 5.74) is 1.45. The van der Waals surface area contributed by atoms with Crippen LogP contribution < -0.4 is 0 Å². The van der Waals surface area contributed by atoms with E-state index in [0.29, 0.717) is 0 Å². The lowest BCUT2D eigenvalue weighted by molar-refractivity contribution is 0.0520. The van der Waals surface area contributed by atoms with E-state index in [-0.39, 0.29) is 0 Å². The van der Waals surface area contributed by atoms with Crippen LogP contribution in [0.2, 0.25) is 0 Å². The molecule has 0 radical (unpaired) electrons. The number of rotatable bonds is 5. The molecule has 1 aromatic rings. The van der Waals surface area contributed by atoms with Gasteiger partial charge in [0.1, 0.15) is 0 Å². The Labute approximate surface area is 165 Å². The Morgan fingerprint density at radius 2 is 1.56 bits per heavy atom. The number of piperazine rings is 1. The molecule has 2 bridgehead atoms. The normalized spacial score (nSPS) is 33.1. The summed E-state index contributed by atoms with van der Waals surface area (Å²) in [5.74, 6) is 2.79. The van der Waals surface area contributed by atoms with Crippen LogP contribution in [-0.4, -0.2) is 66.6 Å². The molecule has 3 unspecified atom stereocenters. The number of nitrogens with zero attached hydrogens (tertiary/aromatic N) is 3. The summed E-state index contributed by atoms with van der Waals surface area (Å²) < 4.78 is 0. The predicted molar refractivity (Wildman–Crippen MR) is 112 cm³/mol. The first-order chi connectivity index (χ1) is 13.3. The lowest BCUT2D eigenvalue weighted by Crippen LogP contribution is -2.53. The fourth-order valence-electron chi connectivity index (χ4n) is 6.03. The van der Waals surface area contributed by atoms with Gasteiger partial charge in [0.05, 0.1) is 0 Å². The monoisotopic (exact) mass is 365 g/mol. The van der Waals surface area contributed by atoms with Gasteiger partial charge in [0.15, 0.2) is 0 Å². The van der Waals surface area contributed by atoms with Crippen LogP contribution in [0.1, 0.15) is 31.2 Å². The summed E-state index contributed by atoms with van der Waals surface area (Å²) in [6.07, 6.45) is 10.7. The van der Waals surface area contributed by atoms with Gasteiger partial charge in [-0.15, -0.1) is 0 Å². The third-order valence-electron chi connectivity index (χ3n) is 7.64. The molecule has 0 amide bonds. The van der Waals surface area contributed by atoms with Gasteiger partial charge in [-0.25, -0.2) is 0 Å². The Bertz CT molecular complexity index is 626. The molecule has 4 aliphatic rings. The summed E-state index contributed by atoms with van der Waals surface area (Å²) >= 11 is 0. The number of piperidine rings is 1. The molecule has 1 aromatic carbocycles. The fraction of sp³-hybridized carbons (Fsp3) is 0.667. The highest BCUT2D eigenvalue weighted by Gasteiger charge is 2.37. The molecule has 3 atom stereocenters. The highest BCUT2D eigenvalue weighted by molar-refractivity contribution is 5.14. The van der Waals surface area contributed by atoms with Crippen molar-refractivity contribution < 1.29 is 0 Å². The first kappa shape index (κ1) is 17.9. The number of likely N-dealkylation sites (tertiary alicyclic amines) is 1. The fourth-order valence-corrected chi connectivity index (χ4v) is 6.03. The van der Waals surface area contributed by atoms with Gasteiger partial charge in [-0.2, -0.15) is 0 Å². The van der Waals surface area contributed by atoms with Crippen LogP contribution in [0.5, 0.6) is 0 Å². The quantitative estimate of drug-likeness (QED) is 0.740. The smallest absolute Gasteiger partial charge is 0.0234 e. The number of hydrogen-bond acceptors (Lipinski definition) is 3. The van der Waals surface area contributed by atoms with Crippen molar-refractivity contribution >= 4 is 0 Å². The Kier molecular flexibility index (Phi) is 5.35. The zero-order valence-electron chi connectivity index (χ0n) is 16.7. The van der Waals surface area contributed by atoms with Crippen LogP contribution in [0.4, 0.5) is 0 Å². The summed E-state index contributed by atoms with van der Waals surface area (Å²) in [5, 5.41) is 0. The molecule has 2 heterocycles. The molecule has 0 spiro atoms. The van der Waals surface area contributed by atoms with E-state index in [0.717, 1.165) is 30.3 Å². The van der Waals surface area contributed by atoms with E-state index >= 15 is 0 Å². The molecule has 0 aromatic heterocycles. The molecule has 2 aliphatic heterocycles. The second-order valence-corrected chi connectivity index (χ2v) is 9.37. The van der Waals surface area contributed by atoms with E-state index in [9.17, 15) is 0 Å². The van der Waals surface area contributed by atoms with Crippen LogP contribution in [0.25, 0.3) is 0 Å². The first-order valence-corrected chi connectivity index (χ1v) is 11.2. The molecule has 2 saturated heterocycles. The van der Waals surface area contributed by atoms with Crippen molar-refractivity contribution in [1.82, 2.24) is 14.7 Å². The van der Waals surface area contributed by atoms with Gasteiger partial charge < -0.3 is 4.90 Å². The number of fused-ring (bicyclic) bond motifs is 2. The van der Waals surface area contributed by atoms with Crippen LogP contribution in [0.15, 0.2) is 42.5 Å². The lowest BCUT2D eigenvalue weighted by Gasteiger charge is -2.43.